The Bertz CT molecular complexity index is 221. The Morgan fingerprint density at radius 3 is 2.50 bits per heavy atom. The Morgan fingerprint density at radius 2 is 2.00 bits per heavy atom. The molecule has 96 valence electrons. The largest absolute Gasteiger partial charge is 0.352 e. The highest BCUT2D eigenvalue weighted by atomic mass is 35.5. The molecule has 3 atom stereocenters. The van der Waals surface area contributed by atoms with Gasteiger partial charge in [-0.3, -0.25) is 4.79 Å². The van der Waals surface area contributed by atoms with Crippen LogP contribution in [0.1, 0.15) is 46.5 Å². The molecule has 4 heteroatoms. The lowest BCUT2D eigenvalue weighted by Gasteiger charge is -2.29. The van der Waals surface area contributed by atoms with Crippen LogP contribution in [0.25, 0.3) is 0 Å². The van der Waals surface area contributed by atoms with Gasteiger partial charge in [-0.1, -0.05) is 33.6 Å². The van der Waals surface area contributed by atoms with E-state index in [1.807, 2.05) is 13.8 Å². The molecule has 0 radical (unpaired) electrons. The number of nitrogens with two attached hydrogens (primary N) is 1. The monoisotopic (exact) mass is 248 g/mol. The van der Waals surface area contributed by atoms with Crippen LogP contribution < -0.4 is 11.1 Å². The average Bonchev–Trinajstić information content (AvgIpc) is 2.16. The highest BCUT2D eigenvalue weighted by molar-refractivity contribution is 5.85. The summed E-state index contributed by atoms with van der Waals surface area (Å²) in [6, 6.07) is -0.00622. The van der Waals surface area contributed by atoms with Crippen LogP contribution in [0, 0.1) is 11.8 Å². The maximum absolute atomic E-state index is 11.7. The molecule has 16 heavy (non-hydrogen) atoms. The van der Waals surface area contributed by atoms with Crippen LogP contribution in [0.5, 0.6) is 0 Å². The molecule has 1 fully saturated rings. The molecule has 0 aliphatic heterocycles. The van der Waals surface area contributed by atoms with Crippen molar-refractivity contribution in [2.45, 2.75) is 58.5 Å². The van der Waals surface area contributed by atoms with Crippen molar-refractivity contribution < 1.29 is 4.79 Å². The SMILES string of the molecule is CC1CCCC(NC(=O)[C@H](N)C(C)C)C1.Cl. The molecule has 1 rings (SSSR count). The molecule has 0 aromatic carbocycles. The van der Waals surface area contributed by atoms with Gasteiger partial charge < -0.3 is 11.1 Å². The number of amides is 1. The standard InChI is InChI=1S/C12H24N2O.ClH/c1-8(2)11(13)12(15)14-10-6-4-5-9(3)7-10;/h8-11H,4-7,13H2,1-3H3,(H,14,15);1H/t9?,10?,11-;/m1./s1. The van der Waals surface area contributed by atoms with Gasteiger partial charge in [0.25, 0.3) is 0 Å². The Kier molecular flexibility index (Phi) is 7.00. The summed E-state index contributed by atoms with van der Waals surface area (Å²) in [5, 5.41) is 3.07. The van der Waals surface area contributed by atoms with Crippen LogP contribution in [0.4, 0.5) is 0 Å². The van der Waals surface area contributed by atoms with Crippen LogP contribution in [-0.2, 0) is 4.79 Å². The molecule has 1 saturated carbocycles. The van der Waals surface area contributed by atoms with Gasteiger partial charge in [0.2, 0.25) is 5.91 Å². The van der Waals surface area contributed by atoms with E-state index in [9.17, 15) is 4.79 Å². The van der Waals surface area contributed by atoms with E-state index in [-0.39, 0.29) is 30.3 Å². The normalized spacial score (nSPS) is 27.1. The Balaban J connectivity index is 0.00000225. The Morgan fingerprint density at radius 1 is 1.38 bits per heavy atom. The predicted octanol–water partition coefficient (Wildman–Crippen LogP) is 2.09. The molecule has 0 bridgehead atoms. The smallest absolute Gasteiger partial charge is 0.237 e. The third kappa shape index (κ3) is 4.71. The summed E-state index contributed by atoms with van der Waals surface area (Å²) in [6.07, 6.45) is 4.74. The summed E-state index contributed by atoms with van der Waals surface area (Å²) < 4.78 is 0. The lowest BCUT2D eigenvalue weighted by Crippen LogP contribution is -2.48. The van der Waals surface area contributed by atoms with E-state index in [0.717, 1.165) is 18.8 Å². The van der Waals surface area contributed by atoms with Gasteiger partial charge in [0.15, 0.2) is 0 Å². The second kappa shape index (κ2) is 7.13. The first kappa shape index (κ1) is 15.7. The van der Waals surface area contributed by atoms with Crippen molar-refractivity contribution in [2.75, 3.05) is 0 Å². The van der Waals surface area contributed by atoms with Gasteiger partial charge in [0.1, 0.15) is 0 Å². The molecule has 2 unspecified atom stereocenters. The molecule has 0 spiro atoms. The van der Waals surface area contributed by atoms with Crippen LogP contribution in [0.3, 0.4) is 0 Å². The van der Waals surface area contributed by atoms with Crippen molar-refractivity contribution in [1.29, 1.82) is 0 Å². The van der Waals surface area contributed by atoms with Crippen LogP contribution in [-0.4, -0.2) is 18.0 Å². The fourth-order valence-corrected chi connectivity index (χ4v) is 2.17. The molecular weight excluding hydrogens is 224 g/mol. The van der Waals surface area contributed by atoms with Gasteiger partial charge >= 0.3 is 0 Å². The lowest BCUT2D eigenvalue weighted by atomic mass is 9.87. The highest BCUT2D eigenvalue weighted by Gasteiger charge is 2.23. The average molecular weight is 249 g/mol. The lowest BCUT2D eigenvalue weighted by molar-refractivity contribution is -0.124. The zero-order valence-corrected chi connectivity index (χ0v) is 11.3. The molecule has 0 aromatic rings. The summed E-state index contributed by atoms with van der Waals surface area (Å²) >= 11 is 0. The third-order valence-electron chi connectivity index (χ3n) is 3.30. The van der Waals surface area contributed by atoms with Crippen molar-refractivity contribution in [2.24, 2.45) is 17.6 Å². The van der Waals surface area contributed by atoms with E-state index in [0.29, 0.717) is 6.04 Å². The van der Waals surface area contributed by atoms with E-state index in [1.54, 1.807) is 0 Å². The third-order valence-corrected chi connectivity index (χ3v) is 3.30. The van der Waals surface area contributed by atoms with E-state index < -0.39 is 0 Å². The van der Waals surface area contributed by atoms with Gasteiger partial charge in [0.05, 0.1) is 6.04 Å². The molecule has 1 aliphatic rings. The first-order valence-corrected chi connectivity index (χ1v) is 6.06. The molecule has 0 aromatic heterocycles. The minimum absolute atomic E-state index is 0. The fourth-order valence-electron chi connectivity index (χ4n) is 2.17. The topological polar surface area (TPSA) is 55.1 Å². The van der Waals surface area contributed by atoms with Crippen LogP contribution in [0.2, 0.25) is 0 Å². The fraction of sp³-hybridized carbons (Fsp3) is 0.917. The number of carbonyl (C=O) groups excluding carboxylic acids is 1. The first-order valence-electron chi connectivity index (χ1n) is 6.06. The Labute approximate surface area is 105 Å². The molecule has 1 aliphatic carbocycles. The number of halogens is 1. The molecule has 3 N–H and O–H groups in total. The molecule has 1 amide bonds. The maximum Gasteiger partial charge on any atom is 0.237 e. The minimum atomic E-state index is -0.359. The Hall–Kier alpha value is -0.280. The molecular formula is C12H25ClN2O. The van der Waals surface area contributed by atoms with E-state index >= 15 is 0 Å². The van der Waals surface area contributed by atoms with Crippen molar-refractivity contribution in [3.8, 4) is 0 Å². The maximum atomic E-state index is 11.7. The number of rotatable bonds is 3. The minimum Gasteiger partial charge on any atom is -0.352 e. The van der Waals surface area contributed by atoms with Crippen molar-refractivity contribution in [1.82, 2.24) is 5.32 Å². The number of carbonyl (C=O) groups is 1. The molecule has 3 nitrogen and oxygen atoms in total. The summed E-state index contributed by atoms with van der Waals surface area (Å²) in [5.41, 5.74) is 5.80. The van der Waals surface area contributed by atoms with Crippen LogP contribution in [0.15, 0.2) is 0 Å². The number of nitrogens with one attached hydrogen (secondary N) is 1. The summed E-state index contributed by atoms with van der Waals surface area (Å²) in [7, 11) is 0. The predicted molar refractivity (Wildman–Crippen MR) is 69.6 cm³/mol. The van der Waals surface area contributed by atoms with E-state index in [1.165, 1.54) is 12.8 Å². The second-order valence-corrected chi connectivity index (χ2v) is 5.25. The van der Waals surface area contributed by atoms with Crippen LogP contribution >= 0.6 is 12.4 Å². The number of hydrogen-bond donors (Lipinski definition) is 2. The second-order valence-electron chi connectivity index (χ2n) is 5.25. The molecule has 0 heterocycles. The zero-order chi connectivity index (χ0) is 11.4. The van der Waals surface area contributed by atoms with Crippen molar-refractivity contribution in [3.05, 3.63) is 0 Å². The van der Waals surface area contributed by atoms with Crippen molar-refractivity contribution in [3.63, 3.8) is 0 Å². The van der Waals surface area contributed by atoms with Gasteiger partial charge in [-0.25, -0.2) is 0 Å². The highest BCUT2D eigenvalue weighted by Crippen LogP contribution is 2.23. The summed E-state index contributed by atoms with van der Waals surface area (Å²) in [6.45, 7) is 6.21. The van der Waals surface area contributed by atoms with Crippen molar-refractivity contribution >= 4 is 18.3 Å². The quantitative estimate of drug-likeness (QED) is 0.804. The zero-order valence-electron chi connectivity index (χ0n) is 10.5. The summed E-state index contributed by atoms with van der Waals surface area (Å²) in [5.74, 6) is 0.967. The van der Waals surface area contributed by atoms with E-state index in [4.69, 9.17) is 5.73 Å². The first-order chi connectivity index (χ1) is 7.00. The van der Waals surface area contributed by atoms with Gasteiger partial charge in [0, 0.05) is 6.04 Å². The van der Waals surface area contributed by atoms with E-state index in [2.05, 4.69) is 12.2 Å². The number of hydrogen-bond acceptors (Lipinski definition) is 2. The summed E-state index contributed by atoms with van der Waals surface area (Å²) in [4.78, 5) is 11.7. The van der Waals surface area contributed by atoms with Gasteiger partial charge in [-0.05, 0) is 24.7 Å². The van der Waals surface area contributed by atoms with Gasteiger partial charge in [-0.15, -0.1) is 12.4 Å². The van der Waals surface area contributed by atoms with Gasteiger partial charge in [-0.2, -0.15) is 0 Å². The molecule has 0 saturated heterocycles.